The number of benzene rings is 2. The molecule has 26 heavy (non-hydrogen) atoms. The van der Waals surface area contributed by atoms with Crippen molar-refractivity contribution >= 4 is 34.0 Å². The number of fused-ring (bicyclic) bond motifs is 1. The van der Waals surface area contributed by atoms with Crippen LogP contribution in [-0.2, 0) is 6.54 Å². The molecule has 1 aliphatic rings. The van der Waals surface area contributed by atoms with Gasteiger partial charge in [-0.05, 0) is 35.9 Å². The van der Waals surface area contributed by atoms with Crippen molar-refractivity contribution in [2.24, 2.45) is 0 Å². The van der Waals surface area contributed by atoms with Crippen LogP contribution in [0.1, 0.15) is 16.6 Å². The van der Waals surface area contributed by atoms with E-state index >= 15 is 0 Å². The van der Waals surface area contributed by atoms with Crippen LogP contribution in [0.2, 0.25) is 0 Å². The van der Waals surface area contributed by atoms with E-state index in [0.717, 1.165) is 52.7 Å². The van der Waals surface area contributed by atoms with Gasteiger partial charge in [0.1, 0.15) is 16.6 Å². The largest absolute Gasteiger partial charge is 0.497 e. The predicted octanol–water partition coefficient (Wildman–Crippen LogP) is 4.01. The first-order valence-corrected chi connectivity index (χ1v) is 9.18. The lowest BCUT2D eigenvalue weighted by atomic mass is 10.0. The van der Waals surface area contributed by atoms with Crippen LogP contribution in [0.15, 0.2) is 42.5 Å². The van der Waals surface area contributed by atoms with Gasteiger partial charge in [0.25, 0.3) is 0 Å². The van der Waals surface area contributed by atoms with Gasteiger partial charge in [-0.2, -0.15) is 0 Å². The second kappa shape index (κ2) is 8.31. The lowest BCUT2D eigenvalue weighted by molar-refractivity contribution is 0.153. The molecule has 0 saturated carbocycles. The maximum atomic E-state index is 13.6. The molecule has 0 amide bonds. The summed E-state index contributed by atoms with van der Waals surface area (Å²) in [5.41, 5.74) is 2.01. The topological polar surface area (TPSA) is 37.4 Å². The fraction of sp³-hybridized carbons (Fsp3) is 0.316. The Balaban J connectivity index is 0.00000196. The van der Waals surface area contributed by atoms with Crippen LogP contribution in [0, 0.1) is 5.82 Å². The smallest absolute Gasteiger partial charge is 0.123 e. The first kappa shape index (κ1) is 19.0. The Kier molecular flexibility index (Phi) is 6.09. The maximum absolute atomic E-state index is 13.6. The molecule has 2 heterocycles. The van der Waals surface area contributed by atoms with Crippen molar-refractivity contribution in [1.29, 1.82) is 0 Å². The third-order valence-electron chi connectivity index (χ3n) is 4.57. The molecule has 1 unspecified atom stereocenters. The standard InChI is InChI=1S/C19H20FN3OS.ClH/c1-24-15-5-6-16-18(10-15)25-19(22-16)12-23-8-7-21-11-17(23)13-3-2-4-14(20)9-13;/h2-6,9-10,17,21H,7-8,11-12H2,1H3;1H. The second-order valence-electron chi connectivity index (χ2n) is 6.19. The van der Waals surface area contributed by atoms with E-state index in [1.165, 1.54) is 6.07 Å². The van der Waals surface area contributed by atoms with Crippen molar-refractivity contribution in [3.05, 3.63) is 58.9 Å². The van der Waals surface area contributed by atoms with E-state index < -0.39 is 0 Å². The number of ether oxygens (including phenoxy) is 1. The van der Waals surface area contributed by atoms with E-state index in [1.54, 1.807) is 30.6 Å². The Morgan fingerprint density at radius 2 is 2.19 bits per heavy atom. The van der Waals surface area contributed by atoms with Gasteiger partial charge in [-0.25, -0.2) is 9.37 Å². The molecule has 1 saturated heterocycles. The normalized spacial score (nSPS) is 17.8. The number of hydrogen-bond donors (Lipinski definition) is 1. The van der Waals surface area contributed by atoms with Gasteiger partial charge in [-0.1, -0.05) is 12.1 Å². The average Bonchev–Trinajstić information content (AvgIpc) is 3.03. The van der Waals surface area contributed by atoms with Crippen LogP contribution in [0.4, 0.5) is 4.39 Å². The molecular formula is C19H21ClFN3OS. The molecule has 1 atom stereocenters. The molecule has 2 aromatic carbocycles. The minimum atomic E-state index is -0.185. The van der Waals surface area contributed by atoms with Crippen LogP contribution < -0.4 is 10.1 Å². The fourth-order valence-corrected chi connectivity index (χ4v) is 4.32. The van der Waals surface area contributed by atoms with Gasteiger partial charge >= 0.3 is 0 Å². The molecule has 1 fully saturated rings. The van der Waals surface area contributed by atoms with E-state index in [4.69, 9.17) is 9.72 Å². The monoisotopic (exact) mass is 393 g/mol. The molecule has 0 bridgehead atoms. The third-order valence-corrected chi connectivity index (χ3v) is 5.57. The van der Waals surface area contributed by atoms with Crippen molar-refractivity contribution in [1.82, 2.24) is 15.2 Å². The van der Waals surface area contributed by atoms with Gasteiger partial charge in [0.05, 0.1) is 23.9 Å². The zero-order valence-corrected chi connectivity index (χ0v) is 16.1. The van der Waals surface area contributed by atoms with Crippen molar-refractivity contribution in [2.45, 2.75) is 12.6 Å². The summed E-state index contributed by atoms with van der Waals surface area (Å²) in [5.74, 6) is 0.664. The van der Waals surface area contributed by atoms with Crippen LogP contribution >= 0.6 is 23.7 Å². The van der Waals surface area contributed by atoms with Crippen molar-refractivity contribution < 1.29 is 9.13 Å². The highest BCUT2D eigenvalue weighted by Gasteiger charge is 2.25. The second-order valence-corrected chi connectivity index (χ2v) is 7.30. The number of halogens is 2. The Labute approximate surface area is 162 Å². The van der Waals surface area contributed by atoms with Gasteiger partial charge in [0.2, 0.25) is 0 Å². The molecule has 0 aliphatic carbocycles. The number of thiazole rings is 1. The van der Waals surface area contributed by atoms with Crippen LogP contribution in [0.3, 0.4) is 0 Å². The van der Waals surface area contributed by atoms with Crippen LogP contribution in [0.5, 0.6) is 5.75 Å². The van der Waals surface area contributed by atoms with E-state index in [2.05, 4.69) is 10.2 Å². The molecule has 4 rings (SSSR count). The predicted molar refractivity (Wildman–Crippen MR) is 106 cm³/mol. The van der Waals surface area contributed by atoms with Gasteiger partial charge < -0.3 is 10.1 Å². The highest BCUT2D eigenvalue weighted by molar-refractivity contribution is 7.18. The third kappa shape index (κ3) is 3.99. The average molecular weight is 394 g/mol. The summed E-state index contributed by atoms with van der Waals surface area (Å²) >= 11 is 1.69. The van der Waals surface area contributed by atoms with Crippen LogP contribution in [-0.4, -0.2) is 36.6 Å². The minimum absolute atomic E-state index is 0. The zero-order valence-electron chi connectivity index (χ0n) is 14.4. The first-order valence-electron chi connectivity index (χ1n) is 8.36. The number of hydrogen-bond acceptors (Lipinski definition) is 5. The lowest BCUT2D eigenvalue weighted by Crippen LogP contribution is -2.45. The quantitative estimate of drug-likeness (QED) is 0.726. The van der Waals surface area contributed by atoms with Crippen molar-refractivity contribution in [3.8, 4) is 5.75 Å². The molecular weight excluding hydrogens is 373 g/mol. The molecule has 4 nitrogen and oxygen atoms in total. The molecule has 1 N–H and O–H groups in total. The Morgan fingerprint density at radius 3 is 3.00 bits per heavy atom. The fourth-order valence-electron chi connectivity index (χ4n) is 3.30. The Morgan fingerprint density at radius 1 is 1.31 bits per heavy atom. The number of nitrogens with one attached hydrogen (secondary N) is 1. The van der Waals surface area contributed by atoms with E-state index in [-0.39, 0.29) is 24.3 Å². The van der Waals surface area contributed by atoms with Crippen molar-refractivity contribution in [2.75, 3.05) is 26.7 Å². The lowest BCUT2D eigenvalue weighted by Gasteiger charge is -2.36. The number of aromatic nitrogens is 1. The first-order chi connectivity index (χ1) is 12.2. The SMILES string of the molecule is COc1ccc2nc(CN3CCNCC3c3cccc(F)c3)sc2c1.Cl. The number of methoxy groups -OCH3 is 1. The van der Waals surface area contributed by atoms with Gasteiger partial charge in [0, 0.05) is 25.7 Å². The van der Waals surface area contributed by atoms with Crippen molar-refractivity contribution in [3.63, 3.8) is 0 Å². The van der Waals surface area contributed by atoms with Gasteiger partial charge in [-0.3, -0.25) is 4.90 Å². The maximum Gasteiger partial charge on any atom is 0.123 e. The molecule has 0 spiro atoms. The molecule has 7 heteroatoms. The summed E-state index contributed by atoms with van der Waals surface area (Å²) in [6.07, 6.45) is 0. The highest BCUT2D eigenvalue weighted by Crippen LogP contribution is 2.30. The van der Waals surface area contributed by atoms with Crippen LogP contribution in [0.25, 0.3) is 10.2 Å². The minimum Gasteiger partial charge on any atom is -0.497 e. The summed E-state index contributed by atoms with van der Waals surface area (Å²) in [6, 6.07) is 13.0. The van der Waals surface area contributed by atoms with Gasteiger partial charge in [-0.15, -0.1) is 23.7 Å². The molecule has 1 aromatic heterocycles. The van der Waals surface area contributed by atoms with Gasteiger partial charge in [0.15, 0.2) is 0 Å². The molecule has 3 aromatic rings. The number of piperazine rings is 1. The molecule has 138 valence electrons. The molecule has 1 aliphatic heterocycles. The van der Waals surface area contributed by atoms with E-state index in [9.17, 15) is 4.39 Å². The highest BCUT2D eigenvalue weighted by atomic mass is 35.5. The Hall–Kier alpha value is -1.73. The summed E-state index contributed by atoms with van der Waals surface area (Å²) in [4.78, 5) is 7.13. The summed E-state index contributed by atoms with van der Waals surface area (Å²) < 4.78 is 20.0. The molecule has 0 radical (unpaired) electrons. The van der Waals surface area contributed by atoms with E-state index in [1.807, 2.05) is 24.3 Å². The summed E-state index contributed by atoms with van der Waals surface area (Å²) in [7, 11) is 1.67. The zero-order chi connectivity index (χ0) is 17.2. The summed E-state index contributed by atoms with van der Waals surface area (Å²) in [6.45, 7) is 3.44. The number of rotatable bonds is 4. The number of nitrogens with zero attached hydrogens (tertiary/aromatic N) is 2. The van der Waals surface area contributed by atoms with E-state index in [0.29, 0.717) is 0 Å². The Bertz CT molecular complexity index is 888. The summed E-state index contributed by atoms with van der Waals surface area (Å²) in [5, 5.41) is 4.49.